The predicted molar refractivity (Wildman–Crippen MR) is 77.7 cm³/mol. The molecule has 0 N–H and O–H groups in total. The Hall–Kier alpha value is -1.61. The highest BCUT2D eigenvalue weighted by atomic mass is 79.9. The molecule has 1 aromatic heterocycles. The lowest BCUT2D eigenvalue weighted by molar-refractivity contribution is 0.658. The first-order valence-corrected chi connectivity index (χ1v) is 6.72. The molecular formula is C15H13BrN2. The maximum Gasteiger partial charge on any atom is 0.0964 e. The Morgan fingerprint density at radius 3 is 2.67 bits per heavy atom. The predicted octanol–water partition coefficient (Wildman–Crippen LogP) is 4.41. The molecule has 2 nitrogen and oxygen atoms in total. The number of hydrogen-bond acceptors (Lipinski definition) is 1. The van der Waals surface area contributed by atoms with Gasteiger partial charge < -0.3 is 4.57 Å². The van der Waals surface area contributed by atoms with E-state index in [0.29, 0.717) is 0 Å². The van der Waals surface area contributed by atoms with Gasteiger partial charge in [0.15, 0.2) is 0 Å². The molecule has 3 aromatic rings. The standard InChI is InChI=1S/C15H13BrN2/c1-11(12-5-3-2-4-6-12)18-10-17-14-8-7-13(16)9-15(14)18/h2-11H,1H3. The Morgan fingerprint density at radius 1 is 1.11 bits per heavy atom. The van der Waals surface area contributed by atoms with Crippen molar-refractivity contribution in [3.8, 4) is 0 Å². The van der Waals surface area contributed by atoms with Gasteiger partial charge in [0.2, 0.25) is 0 Å². The molecule has 3 heteroatoms. The first kappa shape index (κ1) is 11.5. The minimum absolute atomic E-state index is 0.283. The number of benzene rings is 2. The van der Waals surface area contributed by atoms with Crippen molar-refractivity contribution in [2.24, 2.45) is 0 Å². The number of halogens is 1. The lowest BCUT2D eigenvalue weighted by Crippen LogP contribution is -2.04. The van der Waals surface area contributed by atoms with Crippen molar-refractivity contribution in [2.75, 3.05) is 0 Å². The zero-order chi connectivity index (χ0) is 12.5. The van der Waals surface area contributed by atoms with Gasteiger partial charge in [0.05, 0.1) is 23.4 Å². The summed E-state index contributed by atoms with van der Waals surface area (Å²) in [6.45, 7) is 2.19. The Balaban J connectivity index is 2.12. The van der Waals surface area contributed by atoms with Crippen LogP contribution in [-0.4, -0.2) is 9.55 Å². The van der Waals surface area contributed by atoms with E-state index < -0.39 is 0 Å². The van der Waals surface area contributed by atoms with E-state index in [1.54, 1.807) is 0 Å². The Kier molecular flexibility index (Phi) is 2.92. The van der Waals surface area contributed by atoms with Crippen LogP contribution >= 0.6 is 15.9 Å². The fourth-order valence-electron chi connectivity index (χ4n) is 2.20. The van der Waals surface area contributed by atoms with Crippen molar-refractivity contribution in [1.82, 2.24) is 9.55 Å². The number of hydrogen-bond donors (Lipinski definition) is 0. The fraction of sp³-hybridized carbons (Fsp3) is 0.133. The molecule has 3 rings (SSSR count). The van der Waals surface area contributed by atoms with Crippen LogP contribution in [0.15, 0.2) is 59.3 Å². The quantitative estimate of drug-likeness (QED) is 0.685. The van der Waals surface area contributed by atoms with Crippen molar-refractivity contribution < 1.29 is 0 Å². The largest absolute Gasteiger partial charge is 0.323 e. The second-order valence-electron chi connectivity index (χ2n) is 4.37. The zero-order valence-corrected chi connectivity index (χ0v) is 11.6. The van der Waals surface area contributed by atoms with Gasteiger partial charge in [-0.2, -0.15) is 0 Å². The van der Waals surface area contributed by atoms with Gasteiger partial charge in [0.1, 0.15) is 0 Å². The van der Waals surface area contributed by atoms with Crippen LogP contribution in [0.2, 0.25) is 0 Å². The average Bonchev–Trinajstić information content (AvgIpc) is 2.82. The van der Waals surface area contributed by atoms with Crippen LogP contribution < -0.4 is 0 Å². The molecule has 0 aliphatic heterocycles. The summed E-state index contributed by atoms with van der Waals surface area (Å²) >= 11 is 3.52. The van der Waals surface area contributed by atoms with Crippen LogP contribution in [0.3, 0.4) is 0 Å². The van der Waals surface area contributed by atoms with Crippen LogP contribution in [0.25, 0.3) is 11.0 Å². The van der Waals surface area contributed by atoms with Crippen molar-refractivity contribution in [3.05, 3.63) is 64.9 Å². The lowest BCUT2D eigenvalue weighted by atomic mass is 10.1. The van der Waals surface area contributed by atoms with E-state index >= 15 is 0 Å². The van der Waals surface area contributed by atoms with Gasteiger partial charge in [-0.1, -0.05) is 46.3 Å². The summed E-state index contributed by atoms with van der Waals surface area (Å²) in [4.78, 5) is 4.45. The minimum atomic E-state index is 0.283. The highest BCUT2D eigenvalue weighted by Crippen LogP contribution is 2.25. The zero-order valence-electron chi connectivity index (χ0n) is 10.0. The second-order valence-corrected chi connectivity index (χ2v) is 5.29. The maximum atomic E-state index is 4.45. The SMILES string of the molecule is CC(c1ccccc1)n1cnc2ccc(Br)cc21. The molecule has 0 saturated heterocycles. The van der Waals surface area contributed by atoms with Crippen LogP contribution in [0.4, 0.5) is 0 Å². The summed E-state index contributed by atoms with van der Waals surface area (Å²) in [5.74, 6) is 0. The second kappa shape index (κ2) is 4.58. The molecule has 0 saturated carbocycles. The Labute approximate surface area is 114 Å². The molecule has 2 aromatic carbocycles. The van der Waals surface area contributed by atoms with Crippen molar-refractivity contribution in [3.63, 3.8) is 0 Å². The molecule has 0 fully saturated rings. The van der Waals surface area contributed by atoms with Crippen LogP contribution in [-0.2, 0) is 0 Å². The first-order valence-electron chi connectivity index (χ1n) is 5.93. The van der Waals surface area contributed by atoms with E-state index in [4.69, 9.17) is 0 Å². The van der Waals surface area contributed by atoms with E-state index in [2.05, 4.69) is 62.7 Å². The van der Waals surface area contributed by atoms with E-state index in [0.717, 1.165) is 15.5 Å². The highest BCUT2D eigenvalue weighted by molar-refractivity contribution is 9.10. The third-order valence-corrected chi connectivity index (χ3v) is 3.73. The number of nitrogens with zero attached hydrogens (tertiary/aromatic N) is 2. The van der Waals surface area contributed by atoms with E-state index in [-0.39, 0.29) is 6.04 Å². The monoisotopic (exact) mass is 300 g/mol. The third-order valence-electron chi connectivity index (χ3n) is 3.24. The summed E-state index contributed by atoms with van der Waals surface area (Å²) in [7, 11) is 0. The van der Waals surface area contributed by atoms with Gasteiger partial charge in [-0.3, -0.25) is 0 Å². The van der Waals surface area contributed by atoms with Gasteiger partial charge in [0, 0.05) is 4.47 Å². The molecule has 1 unspecified atom stereocenters. The molecule has 1 heterocycles. The van der Waals surface area contributed by atoms with Crippen molar-refractivity contribution in [1.29, 1.82) is 0 Å². The number of imidazole rings is 1. The smallest absolute Gasteiger partial charge is 0.0964 e. The van der Waals surface area contributed by atoms with Crippen molar-refractivity contribution >= 4 is 27.0 Å². The van der Waals surface area contributed by atoms with E-state index in [1.807, 2.05) is 24.5 Å². The Bertz CT molecular complexity index is 673. The summed E-state index contributed by atoms with van der Waals surface area (Å²) in [6, 6.07) is 16.9. The minimum Gasteiger partial charge on any atom is -0.323 e. The molecule has 18 heavy (non-hydrogen) atoms. The topological polar surface area (TPSA) is 17.8 Å². The molecule has 0 spiro atoms. The first-order chi connectivity index (χ1) is 8.75. The van der Waals surface area contributed by atoms with Gasteiger partial charge in [0.25, 0.3) is 0 Å². The number of aromatic nitrogens is 2. The van der Waals surface area contributed by atoms with Gasteiger partial charge in [-0.25, -0.2) is 4.98 Å². The molecule has 1 atom stereocenters. The normalized spacial score (nSPS) is 12.8. The van der Waals surface area contributed by atoms with Gasteiger partial charge in [-0.05, 0) is 30.7 Å². The lowest BCUT2D eigenvalue weighted by Gasteiger charge is -2.14. The maximum absolute atomic E-state index is 4.45. The molecule has 0 aliphatic rings. The van der Waals surface area contributed by atoms with E-state index in [1.165, 1.54) is 5.56 Å². The average molecular weight is 301 g/mol. The molecular weight excluding hydrogens is 288 g/mol. The molecule has 0 radical (unpaired) electrons. The summed E-state index contributed by atoms with van der Waals surface area (Å²) in [6.07, 6.45) is 1.91. The molecule has 0 aliphatic carbocycles. The van der Waals surface area contributed by atoms with Crippen LogP contribution in [0.1, 0.15) is 18.5 Å². The van der Waals surface area contributed by atoms with E-state index in [9.17, 15) is 0 Å². The number of fused-ring (bicyclic) bond motifs is 1. The Morgan fingerprint density at radius 2 is 1.89 bits per heavy atom. The number of rotatable bonds is 2. The van der Waals surface area contributed by atoms with Gasteiger partial charge >= 0.3 is 0 Å². The van der Waals surface area contributed by atoms with Crippen molar-refractivity contribution in [2.45, 2.75) is 13.0 Å². The molecule has 0 bridgehead atoms. The molecule has 0 amide bonds. The summed E-state index contributed by atoms with van der Waals surface area (Å²) in [5, 5.41) is 0. The fourth-order valence-corrected chi connectivity index (χ4v) is 2.55. The third kappa shape index (κ3) is 1.95. The van der Waals surface area contributed by atoms with Crippen LogP contribution in [0, 0.1) is 0 Å². The highest BCUT2D eigenvalue weighted by Gasteiger charge is 2.11. The summed E-state index contributed by atoms with van der Waals surface area (Å²) in [5.41, 5.74) is 3.47. The molecule has 90 valence electrons. The summed E-state index contributed by atoms with van der Waals surface area (Å²) < 4.78 is 3.28. The van der Waals surface area contributed by atoms with Crippen LogP contribution in [0.5, 0.6) is 0 Å². The van der Waals surface area contributed by atoms with Gasteiger partial charge in [-0.15, -0.1) is 0 Å².